The Hall–Kier alpha value is -0.970. The maximum atomic E-state index is 12.0. The minimum absolute atomic E-state index is 0.0712. The Morgan fingerprint density at radius 1 is 1.47 bits per heavy atom. The molecule has 0 amide bonds. The van der Waals surface area contributed by atoms with Gasteiger partial charge in [-0.1, -0.05) is 0 Å². The maximum absolute atomic E-state index is 12.0. The Kier molecular flexibility index (Phi) is 3.79. The molecule has 0 aliphatic rings. The highest BCUT2D eigenvalue weighted by atomic mass is 79.9. The predicted molar refractivity (Wildman–Crippen MR) is 55.5 cm³/mol. The fraction of sp³-hybridized carbons (Fsp3) is 0.300. The van der Waals surface area contributed by atoms with E-state index in [1.807, 2.05) is 0 Å². The molecule has 0 aliphatic heterocycles. The second kappa shape index (κ2) is 4.70. The van der Waals surface area contributed by atoms with Gasteiger partial charge in [0.05, 0.1) is 0 Å². The van der Waals surface area contributed by atoms with Crippen molar-refractivity contribution in [2.75, 3.05) is 0 Å². The quantitative estimate of drug-likeness (QED) is 0.791. The van der Waals surface area contributed by atoms with E-state index in [0.29, 0.717) is 15.6 Å². The number of hydrogen-bond donors (Lipinski definition) is 0. The van der Waals surface area contributed by atoms with E-state index in [4.69, 9.17) is 0 Å². The van der Waals surface area contributed by atoms with Crippen molar-refractivity contribution in [2.45, 2.75) is 20.5 Å². The van der Waals surface area contributed by atoms with E-state index in [1.54, 1.807) is 6.92 Å². The molecule has 5 heteroatoms. The Morgan fingerprint density at radius 3 is 2.53 bits per heavy atom. The molecule has 0 aromatic heterocycles. The molecule has 0 bridgehead atoms. The minimum Gasteiger partial charge on any atom is -0.435 e. The summed E-state index contributed by atoms with van der Waals surface area (Å²) in [5, 5.41) is 0. The normalized spacial score (nSPS) is 10.5. The summed E-state index contributed by atoms with van der Waals surface area (Å²) in [6.45, 7) is 0.155. The molecule has 1 aromatic carbocycles. The summed E-state index contributed by atoms with van der Waals surface area (Å²) in [6.07, 6.45) is 0. The zero-order valence-electron chi connectivity index (χ0n) is 8.18. The van der Waals surface area contributed by atoms with E-state index < -0.39 is 6.61 Å². The van der Waals surface area contributed by atoms with Crippen LogP contribution in [0.15, 0.2) is 16.6 Å². The molecule has 82 valence electrons. The van der Waals surface area contributed by atoms with Gasteiger partial charge in [0.15, 0.2) is 5.78 Å². The molecular formula is C10H9BrF2O2. The third kappa shape index (κ3) is 2.99. The lowest BCUT2D eigenvalue weighted by atomic mass is 10.1. The van der Waals surface area contributed by atoms with E-state index in [-0.39, 0.29) is 11.5 Å². The molecule has 0 saturated heterocycles. The monoisotopic (exact) mass is 278 g/mol. The summed E-state index contributed by atoms with van der Waals surface area (Å²) in [5.74, 6) is -0.0598. The minimum atomic E-state index is -2.86. The molecule has 1 rings (SSSR count). The van der Waals surface area contributed by atoms with E-state index in [9.17, 15) is 13.6 Å². The van der Waals surface area contributed by atoms with Crippen molar-refractivity contribution < 1.29 is 18.3 Å². The van der Waals surface area contributed by atoms with E-state index >= 15 is 0 Å². The average molecular weight is 279 g/mol. The fourth-order valence-electron chi connectivity index (χ4n) is 1.16. The van der Waals surface area contributed by atoms with E-state index in [2.05, 4.69) is 20.7 Å². The number of hydrogen-bond acceptors (Lipinski definition) is 2. The SMILES string of the molecule is CC(=O)c1cc(C)c(OC(F)F)cc1Br. The zero-order valence-corrected chi connectivity index (χ0v) is 9.77. The molecule has 0 atom stereocenters. The molecule has 15 heavy (non-hydrogen) atoms. The van der Waals surface area contributed by atoms with Crippen molar-refractivity contribution in [3.8, 4) is 5.75 Å². The Bertz CT molecular complexity index is 391. The van der Waals surface area contributed by atoms with Crippen LogP contribution in [-0.4, -0.2) is 12.4 Å². The predicted octanol–water partition coefficient (Wildman–Crippen LogP) is 3.56. The van der Waals surface area contributed by atoms with Crippen LogP contribution < -0.4 is 4.74 Å². The second-order valence-electron chi connectivity index (χ2n) is 3.03. The van der Waals surface area contributed by atoms with Crippen LogP contribution in [0.25, 0.3) is 0 Å². The van der Waals surface area contributed by atoms with Crippen LogP contribution in [-0.2, 0) is 0 Å². The summed E-state index contributed by atoms with van der Waals surface area (Å²) in [5.41, 5.74) is 0.956. The zero-order chi connectivity index (χ0) is 11.6. The van der Waals surface area contributed by atoms with Crippen LogP contribution in [0, 0.1) is 6.92 Å². The van der Waals surface area contributed by atoms with Gasteiger partial charge in [-0.3, -0.25) is 4.79 Å². The number of alkyl halides is 2. The summed E-state index contributed by atoms with van der Waals surface area (Å²) in [7, 11) is 0. The van der Waals surface area contributed by atoms with Crippen molar-refractivity contribution in [2.24, 2.45) is 0 Å². The van der Waals surface area contributed by atoms with Crippen molar-refractivity contribution in [1.29, 1.82) is 0 Å². The van der Waals surface area contributed by atoms with Gasteiger partial charge in [0, 0.05) is 10.0 Å². The molecule has 0 radical (unpaired) electrons. The van der Waals surface area contributed by atoms with Gasteiger partial charge in [-0.05, 0) is 47.5 Å². The first kappa shape index (κ1) is 12.1. The van der Waals surface area contributed by atoms with Crippen LogP contribution >= 0.6 is 15.9 Å². The maximum Gasteiger partial charge on any atom is 0.387 e. The average Bonchev–Trinajstić information content (AvgIpc) is 2.09. The molecular weight excluding hydrogens is 270 g/mol. The topological polar surface area (TPSA) is 26.3 Å². The van der Waals surface area contributed by atoms with Crippen LogP contribution in [0.4, 0.5) is 8.78 Å². The molecule has 1 aromatic rings. The standard InChI is InChI=1S/C10H9BrF2O2/c1-5-3-7(6(2)14)8(11)4-9(5)15-10(12)13/h3-4,10H,1-2H3. The highest BCUT2D eigenvalue weighted by Gasteiger charge is 2.12. The first-order valence-electron chi connectivity index (χ1n) is 4.17. The van der Waals surface area contributed by atoms with Gasteiger partial charge in [-0.25, -0.2) is 0 Å². The summed E-state index contributed by atoms with van der Waals surface area (Å²) in [4.78, 5) is 11.1. The lowest BCUT2D eigenvalue weighted by Gasteiger charge is -2.10. The molecule has 0 saturated carbocycles. The molecule has 0 aliphatic carbocycles. The third-order valence-electron chi connectivity index (χ3n) is 1.86. The highest BCUT2D eigenvalue weighted by Crippen LogP contribution is 2.28. The first-order chi connectivity index (χ1) is 6.91. The van der Waals surface area contributed by atoms with Crippen molar-refractivity contribution in [3.05, 3.63) is 27.7 Å². The summed E-state index contributed by atoms with van der Waals surface area (Å²) >= 11 is 3.13. The lowest BCUT2D eigenvalue weighted by molar-refractivity contribution is -0.0503. The van der Waals surface area contributed by atoms with Gasteiger partial charge in [0.1, 0.15) is 5.75 Å². The molecule has 0 fully saturated rings. The smallest absolute Gasteiger partial charge is 0.387 e. The van der Waals surface area contributed by atoms with Crippen molar-refractivity contribution >= 4 is 21.7 Å². The van der Waals surface area contributed by atoms with Gasteiger partial charge < -0.3 is 4.74 Å². The lowest BCUT2D eigenvalue weighted by Crippen LogP contribution is -2.04. The van der Waals surface area contributed by atoms with Crippen molar-refractivity contribution in [3.63, 3.8) is 0 Å². The fourth-order valence-corrected chi connectivity index (χ4v) is 1.76. The number of ketones is 1. The molecule has 0 heterocycles. The number of Topliss-reactive ketones (excluding diaryl/α,β-unsaturated/α-hetero) is 1. The Labute approximate surface area is 94.4 Å². The molecule has 0 unspecified atom stereocenters. The molecule has 0 spiro atoms. The van der Waals surface area contributed by atoms with E-state index in [0.717, 1.165) is 0 Å². The number of aryl methyl sites for hydroxylation is 1. The number of halogens is 3. The van der Waals surface area contributed by atoms with Crippen LogP contribution in [0.2, 0.25) is 0 Å². The largest absolute Gasteiger partial charge is 0.435 e. The van der Waals surface area contributed by atoms with Crippen LogP contribution in [0.3, 0.4) is 0 Å². The number of rotatable bonds is 3. The number of carbonyl (C=O) groups excluding carboxylic acids is 1. The molecule has 0 N–H and O–H groups in total. The van der Waals surface area contributed by atoms with Crippen LogP contribution in [0.1, 0.15) is 22.8 Å². The second-order valence-corrected chi connectivity index (χ2v) is 3.89. The summed E-state index contributed by atoms with van der Waals surface area (Å²) < 4.78 is 28.7. The first-order valence-corrected chi connectivity index (χ1v) is 4.97. The van der Waals surface area contributed by atoms with Gasteiger partial charge >= 0.3 is 6.61 Å². The van der Waals surface area contributed by atoms with Crippen LogP contribution in [0.5, 0.6) is 5.75 Å². The number of carbonyl (C=O) groups is 1. The Balaban J connectivity index is 3.13. The van der Waals surface area contributed by atoms with Gasteiger partial charge in [0.25, 0.3) is 0 Å². The highest BCUT2D eigenvalue weighted by molar-refractivity contribution is 9.10. The van der Waals surface area contributed by atoms with Gasteiger partial charge in [-0.15, -0.1) is 0 Å². The summed E-state index contributed by atoms with van der Waals surface area (Å²) in [6, 6.07) is 2.89. The van der Waals surface area contributed by atoms with Gasteiger partial charge in [-0.2, -0.15) is 8.78 Å². The van der Waals surface area contributed by atoms with E-state index in [1.165, 1.54) is 19.1 Å². The number of ether oxygens (including phenoxy) is 1. The Morgan fingerprint density at radius 2 is 2.07 bits per heavy atom. The molecule has 2 nitrogen and oxygen atoms in total. The number of benzene rings is 1. The third-order valence-corrected chi connectivity index (χ3v) is 2.52. The van der Waals surface area contributed by atoms with Crippen molar-refractivity contribution in [1.82, 2.24) is 0 Å². The van der Waals surface area contributed by atoms with Gasteiger partial charge in [0.2, 0.25) is 0 Å².